The Bertz CT molecular complexity index is 310. The lowest BCUT2D eigenvalue weighted by Crippen LogP contribution is -2.25. The van der Waals surface area contributed by atoms with E-state index in [0.29, 0.717) is 6.54 Å². The van der Waals surface area contributed by atoms with Crippen LogP contribution < -0.4 is 11.1 Å². The molecule has 0 fully saturated rings. The van der Waals surface area contributed by atoms with Crippen LogP contribution in [-0.4, -0.2) is 22.5 Å². The molecule has 76 valence electrons. The summed E-state index contributed by atoms with van der Waals surface area (Å²) in [5.74, 6) is -0.156. The van der Waals surface area contributed by atoms with Gasteiger partial charge in [-0.05, 0) is 22.9 Å². The Morgan fingerprint density at radius 2 is 2.43 bits per heavy atom. The number of pyridine rings is 1. The molecule has 0 aliphatic heterocycles. The lowest BCUT2D eigenvalue weighted by Gasteiger charge is -2.06. The van der Waals surface area contributed by atoms with Gasteiger partial charge in [0.2, 0.25) is 0 Å². The first-order valence-electron chi connectivity index (χ1n) is 4.19. The molecule has 14 heavy (non-hydrogen) atoms. The van der Waals surface area contributed by atoms with E-state index >= 15 is 0 Å². The quantitative estimate of drug-likeness (QED) is 0.547. The van der Waals surface area contributed by atoms with Gasteiger partial charge in [-0.1, -0.05) is 0 Å². The first-order chi connectivity index (χ1) is 6.59. The maximum Gasteiger partial charge on any atom is 0.363 e. The van der Waals surface area contributed by atoms with E-state index in [1.165, 1.54) is 12.3 Å². The van der Waals surface area contributed by atoms with Crippen molar-refractivity contribution >= 4 is 11.5 Å². The van der Waals surface area contributed by atoms with Crippen molar-refractivity contribution < 1.29 is 4.92 Å². The van der Waals surface area contributed by atoms with E-state index in [4.69, 9.17) is 5.73 Å². The lowest BCUT2D eigenvalue weighted by molar-refractivity contribution is -0.389. The van der Waals surface area contributed by atoms with Crippen LogP contribution in [0.3, 0.4) is 0 Å². The molecule has 3 N–H and O–H groups in total. The number of nitrogens with two attached hydrogens (primary N) is 1. The van der Waals surface area contributed by atoms with Crippen molar-refractivity contribution in [2.45, 2.75) is 13.0 Å². The summed E-state index contributed by atoms with van der Waals surface area (Å²) in [6.07, 6.45) is 1.42. The van der Waals surface area contributed by atoms with Crippen molar-refractivity contribution in [3.63, 3.8) is 0 Å². The molecule has 0 aromatic carbocycles. The Hall–Kier alpha value is -1.69. The van der Waals surface area contributed by atoms with Crippen LogP contribution >= 0.6 is 0 Å². The van der Waals surface area contributed by atoms with Gasteiger partial charge in [0.25, 0.3) is 0 Å². The Morgan fingerprint density at radius 3 is 2.86 bits per heavy atom. The minimum atomic E-state index is -0.532. The molecule has 0 radical (unpaired) electrons. The molecule has 1 unspecified atom stereocenters. The van der Waals surface area contributed by atoms with E-state index in [1.807, 2.05) is 6.92 Å². The van der Waals surface area contributed by atoms with Crippen LogP contribution in [0.4, 0.5) is 11.5 Å². The van der Waals surface area contributed by atoms with Crippen LogP contribution in [0.5, 0.6) is 0 Å². The predicted molar refractivity (Wildman–Crippen MR) is 53.0 cm³/mol. The molecule has 1 heterocycles. The molecule has 0 saturated heterocycles. The molecule has 6 nitrogen and oxygen atoms in total. The molecule has 1 aromatic heterocycles. The first kappa shape index (κ1) is 10.4. The summed E-state index contributed by atoms with van der Waals surface area (Å²) >= 11 is 0. The topological polar surface area (TPSA) is 94.1 Å². The van der Waals surface area contributed by atoms with Crippen LogP contribution in [0.1, 0.15) is 6.92 Å². The summed E-state index contributed by atoms with van der Waals surface area (Å²) < 4.78 is 0. The molecule has 6 heteroatoms. The Kier molecular flexibility index (Phi) is 3.35. The van der Waals surface area contributed by atoms with Crippen LogP contribution in [0, 0.1) is 10.1 Å². The molecule has 1 atom stereocenters. The van der Waals surface area contributed by atoms with Gasteiger partial charge in [-0.2, -0.15) is 0 Å². The number of hydrogen-bond donors (Lipinski definition) is 2. The number of nitrogens with one attached hydrogen (secondary N) is 1. The second-order valence-corrected chi connectivity index (χ2v) is 3.02. The number of hydrogen-bond acceptors (Lipinski definition) is 5. The van der Waals surface area contributed by atoms with E-state index < -0.39 is 4.92 Å². The zero-order chi connectivity index (χ0) is 10.6. The van der Waals surface area contributed by atoms with Gasteiger partial charge in [-0.15, -0.1) is 0 Å². The molecule has 1 rings (SSSR count). The largest absolute Gasteiger partial charge is 0.380 e. The van der Waals surface area contributed by atoms with Gasteiger partial charge in [-0.3, -0.25) is 0 Å². The average molecular weight is 196 g/mol. The van der Waals surface area contributed by atoms with Crippen LogP contribution in [0.15, 0.2) is 18.3 Å². The molecule has 0 saturated carbocycles. The normalized spacial score (nSPS) is 12.1. The highest BCUT2D eigenvalue weighted by atomic mass is 16.6. The van der Waals surface area contributed by atoms with Crippen molar-refractivity contribution in [3.8, 4) is 0 Å². The molecule has 0 aliphatic rings. The number of rotatable bonds is 4. The lowest BCUT2D eigenvalue weighted by atomic mass is 10.3. The summed E-state index contributed by atoms with van der Waals surface area (Å²) in [5, 5.41) is 13.3. The van der Waals surface area contributed by atoms with Crippen LogP contribution in [-0.2, 0) is 0 Å². The van der Waals surface area contributed by atoms with Crippen molar-refractivity contribution in [3.05, 3.63) is 28.4 Å². The van der Waals surface area contributed by atoms with Crippen LogP contribution in [0.2, 0.25) is 0 Å². The zero-order valence-electron chi connectivity index (χ0n) is 7.80. The molecule has 0 aliphatic carbocycles. The number of aromatic nitrogens is 1. The monoisotopic (exact) mass is 196 g/mol. The molecule has 0 spiro atoms. The van der Waals surface area contributed by atoms with Crippen molar-refractivity contribution in [2.75, 3.05) is 11.9 Å². The van der Waals surface area contributed by atoms with E-state index in [1.54, 1.807) is 6.07 Å². The second kappa shape index (κ2) is 4.52. The van der Waals surface area contributed by atoms with Gasteiger partial charge in [0.15, 0.2) is 6.20 Å². The fourth-order valence-electron chi connectivity index (χ4n) is 0.877. The zero-order valence-corrected chi connectivity index (χ0v) is 7.80. The molecule has 0 bridgehead atoms. The van der Waals surface area contributed by atoms with Crippen molar-refractivity contribution in [1.82, 2.24) is 4.98 Å². The number of nitro groups is 1. The Morgan fingerprint density at radius 1 is 1.71 bits per heavy atom. The van der Waals surface area contributed by atoms with Crippen molar-refractivity contribution in [2.24, 2.45) is 5.73 Å². The highest BCUT2D eigenvalue weighted by Gasteiger charge is 2.05. The predicted octanol–water partition coefficient (Wildman–Crippen LogP) is 0.749. The molecular weight excluding hydrogens is 184 g/mol. The highest BCUT2D eigenvalue weighted by Crippen LogP contribution is 2.10. The van der Waals surface area contributed by atoms with E-state index in [0.717, 1.165) is 5.69 Å². The average Bonchev–Trinajstić information content (AvgIpc) is 2.15. The van der Waals surface area contributed by atoms with Gasteiger partial charge >= 0.3 is 5.82 Å². The third-order valence-electron chi connectivity index (χ3n) is 1.56. The summed E-state index contributed by atoms with van der Waals surface area (Å²) in [6, 6.07) is 2.99. The number of nitrogens with zero attached hydrogens (tertiary/aromatic N) is 2. The molecule has 1 aromatic rings. The SMILES string of the molecule is CC(N)CNc1ccc([N+](=O)[O-])nc1. The van der Waals surface area contributed by atoms with Gasteiger partial charge in [0, 0.05) is 18.7 Å². The van der Waals surface area contributed by atoms with Crippen LogP contribution in [0.25, 0.3) is 0 Å². The second-order valence-electron chi connectivity index (χ2n) is 3.02. The summed E-state index contributed by atoms with van der Waals surface area (Å²) in [6.45, 7) is 2.48. The highest BCUT2D eigenvalue weighted by molar-refractivity contribution is 5.43. The van der Waals surface area contributed by atoms with Gasteiger partial charge < -0.3 is 21.2 Å². The van der Waals surface area contributed by atoms with Gasteiger partial charge in [-0.25, -0.2) is 0 Å². The number of anilines is 1. The molecular formula is C8H12N4O2. The fraction of sp³-hybridized carbons (Fsp3) is 0.375. The standard InChI is InChI=1S/C8H12N4O2/c1-6(9)4-10-7-2-3-8(11-5-7)12(13)14/h2-3,5-6,10H,4,9H2,1H3. The maximum absolute atomic E-state index is 10.3. The van der Waals surface area contributed by atoms with E-state index in [2.05, 4.69) is 10.3 Å². The Labute approximate surface area is 81.3 Å². The summed E-state index contributed by atoms with van der Waals surface area (Å²) in [5.41, 5.74) is 6.26. The Balaban J connectivity index is 2.60. The third-order valence-corrected chi connectivity index (χ3v) is 1.56. The van der Waals surface area contributed by atoms with Gasteiger partial charge in [0.05, 0.1) is 5.69 Å². The first-order valence-corrected chi connectivity index (χ1v) is 4.19. The third kappa shape index (κ3) is 2.98. The van der Waals surface area contributed by atoms with E-state index in [-0.39, 0.29) is 11.9 Å². The smallest absolute Gasteiger partial charge is 0.363 e. The minimum absolute atomic E-state index is 0.0326. The summed E-state index contributed by atoms with van der Waals surface area (Å²) in [7, 11) is 0. The summed E-state index contributed by atoms with van der Waals surface area (Å²) in [4.78, 5) is 13.4. The van der Waals surface area contributed by atoms with Gasteiger partial charge in [0.1, 0.15) is 0 Å². The fourth-order valence-corrected chi connectivity index (χ4v) is 0.877. The maximum atomic E-state index is 10.3. The molecule has 0 amide bonds. The van der Waals surface area contributed by atoms with Crippen molar-refractivity contribution in [1.29, 1.82) is 0 Å². The minimum Gasteiger partial charge on any atom is -0.380 e. The van der Waals surface area contributed by atoms with E-state index in [9.17, 15) is 10.1 Å².